The van der Waals surface area contributed by atoms with Gasteiger partial charge in [0.25, 0.3) is 0 Å². The van der Waals surface area contributed by atoms with Gasteiger partial charge in [-0.15, -0.1) is 0 Å². The van der Waals surface area contributed by atoms with Crippen molar-refractivity contribution in [3.05, 3.63) is 58.1 Å². The van der Waals surface area contributed by atoms with E-state index in [9.17, 15) is 10.1 Å². The van der Waals surface area contributed by atoms with Gasteiger partial charge >= 0.3 is 5.69 Å². The van der Waals surface area contributed by atoms with Gasteiger partial charge in [-0.2, -0.15) is 0 Å². The third kappa shape index (κ3) is 3.76. The fraction of sp³-hybridized carbons (Fsp3) is 0.250. The van der Waals surface area contributed by atoms with Crippen LogP contribution >= 0.6 is 11.8 Å². The van der Waals surface area contributed by atoms with E-state index in [-0.39, 0.29) is 10.6 Å². The van der Waals surface area contributed by atoms with Crippen molar-refractivity contribution in [2.24, 2.45) is 0 Å². The van der Waals surface area contributed by atoms with Crippen molar-refractivity contribution < 1.29 is 4.92 Å². The maximum absolute atomic E-state index is 11.4. The lowest BCUT2D eigenvalue weighted by Gasteiger charge is -2.10. The van der Waals surface area contributed by atoms with E-state index in [1.54, 1.807) is 12.1 Å². The average molecular weight is 302 g/mol. The monoisotopic (exact) mass is 302 g/mol. The molecule has 0 aliphatic heterocycles. The van der Waals surface area contributed by atoms with E-state index in [1.165, 1.54) is 11.8 Å². The van der Waals surface area contributed by atoms with Gasteiger partial charge < -0.3 is 5.32 Å². The van der Waals surface area contributed by atoms with Gasteiger partial charge in [0.1, 0.15) is 5.69 Å². The van der Waals surface area contributed by atoms with Gasteiger partial charge in [-0.05, 0) is 37.1 Å². The number of nitro groups is 1. The van der Waals surface area contributed by atoms with Crippen LogP contribution in [0.1, 0.15) is 18.9 Å². The molecule has 2 aromatic carbocycles. The van der Waals surface area contributed by atoms with E-state index in [4.69, 9.17) is 0 Å². The molecule has 4 nitrogen and oxygen atoms in total. The highest BCUT2D eigenvalue weighted by Crippen LogP contribution is 2.40. The van der Waals surface area contributed by atoms with Crippen molar-refractivity contribution in [2.45, 2.75) is 30.1 Å². The molecule has 0 atom stereocenters. The molecule has 0 spiro atoms. The van der Waals surface area contributed by atoms with Gasteiger partial charge in [-0.25, -0.2) is 0 Å². The van der Waals surface area contributed by atoms with Crippen molar-refractivity contribution in [1.29, 1.82) is 0 Å². The van der Waals surface area contributed by atoms with Crippen LogP contribution in [0.5, 0.6) is 0 Å². The molecule has 0 saturated carbocycles. The minimum Gasteiger partial charge on any atom is -0.379 e. The van der Waals surface area contributed by atoms with Crippen LogP contribution in [0.25, 0.3) is 0 Å². The molecule has 0 saturated heterocycles. The Labute approximate surface area is 128 Å². The van der Waals surface area contributed by atoms with Gasteiger partial charge in [0.05, 0.1) is 9.82 Å². The molecule has 0 radical (unpaired) electrons. The molecule has 0 aliphatic rings. The zero-order chi connectivity index (χ0) is 15.2. The minimum absolute atomic E-state index is 0.152. The second kappa shape index (κ2) is 7.13. The number of para-hydroxylation sites is 1. The fourth-order valence-corrected chi connectivity index (χ4v) is 3.03. The predicted octanol–water partition coefficient (Wildman–Crippen LogP) is 4.88. The van der Waals surface area contributed by atoms with Crippen LogP contribution in [-0.4, -0.2) is 11.5 Å². The number of hydrogen-bond acceptors (Lipinski definition) is 4. The van der Waals surface area contributed by atoms with Crippen molar-refractivity contribution >= 4 is 23.1 Å². The van der Waals surface area contributed by atoms with Gasteiger partial charge in [-0.1, -0.05) is 43.0 Å². The number of nitrogens with zero attached hydrogens (tertiary/aromatic N) is 1. The number of benzene rings is 2. The summed E-state index contributed by atoms with van der Waals surface area (Å²) in [5.41, 5.74) is 1.85. The van der Waals surface area contributed by atoms with Crippen LogP contribution < -0.4 is 5.32 Å². The average Bonchev–Trinajstić information content (AvgIpc) is 2.47. The Balaban J connectivity index is 2.39. The number of nitro benzene ring substituents is 1. The standard InChI is InChI=1S/C16H18N2O2S/c1-3-11-17-13-8-6-10-15(16(13)18(19)20)21-14-9-5-4-7-12(14)2/h4-10,17H,3,11H2,1-2H3. The zero-order valence-electron chi connectivity index (χ0n) is 12.1. The van der Waals surface area contributed by atoms with Crippen molar-refractivity contribution in [1.82, 2.24) is 0 Å². The molecule has 0 heterocycles. The summed E-state index contributed by atoms with van der Waals surface area (Å²) in [6.07, 6.45) is 0.923. The molecule has 1 N–H and O–H groups in total. The Morgan fingerprint density at radius 1 is 1.14 bits per heavy atom. The summed E-state index contributed by atoms with van der Waals surface area (Å²) in [5, 5.41) is 14.6. The summed E-state index contributed by atoms with van der Waals surface area (Å²) < 4.78 is 0. The maximum Gasteiger partial charge on any atom is 0.306 e. The Morgan fingerprint density at radius 2 is 1.86 bits per heavy atom. The second-order valence-electron chi connectivity index (χ2n) is 4.70. The molecule has 0 unspecified atom stereocenters. The topological polar surface area (TPSA) is 55.2 Å². The van der Waals surface area contributed by atoms with E-state index in [1.807, 2.05) is 44.2 Å². The number of anilines is 1. The third-order valence-electron chi connectivity index (χ3n) is 3.06. The smallest absolute Gasteiger partial charge is 0.306 e. The Kier molecular flexibility index (Phi) is 5.22. The summed E-state index contributed by atoms with van der Waals surface area (Å²) in [6, 6.07) is 13.3. The maximum atomic E-state index is 11.4. The van der Waals surface area contributed by atoms with Gasteiger partial charge in [0.15, 0.2) is 0 Å². The lowest BCUT2D eigenvalue weighted by atomic mass is 10.2. The Hall–Kier alpha value is -2.01. The molecule has 2 rings (SSSR count). The first-order chi connectivity index (χ1) is 10.1. The van der Waals surface area contributed by atoms with Crippen LogP contribution in [-0.2, 0) is 0 Å². The molecule has 5 heteroatoms. The van der Waals surface area contributed by atoms with Crippen molar-refractivity contribution in [2.75, 3.05) is 11.9 Å². The summed E-state index contributed by atoms with van der Waals surface area (Å²) in [6.45, 7) is 4.76. The van der Waals surface area contributed by atoms with Gasteiger partial charge in [0, 0.05) is 11.4 Å². The highest BCUT2D eigenvalue weighted by molar-refractivity contribution is 7.99. The van der Waals surface area contributed by atoms with Crippen molar-refractivity contribution in [3.63, 3.8) is 0 Å². The van der Waals surface area contributed by atoms with Crippen molar-refractivity contribution in [3.8, 4) is 0 Å². The second-order valence-corrected chi connectivity index (χ2v) is 5.79. The first-order valence-electron chi connectivity index (χ1n) is 6.88. The highest BCUT2D eigenvalue weighted by Gasteiger charge is 2.20. The van der Waals surface area contributed by atoms with Crippen LogP contribution in [0.2, 0.25) is 0 Å². The molecule has 110 valence electrons. The number of nitrogens with one attached hydrogen (secondary N) is 1. The SMILES string of the molecule is CCCNc1cccc(Sc2ccccc2C)c1[N+](=O)[O-]. The zero-order valence-corrected chi connectivity index (χ0v) is 12.9. The summed E-state index contributed by atoms with van der Waals surface area (Å²) >= 11 is 1.44. The molecule has 0 aromatic heterocycles. The third-order valence-corrected chi connectivity index (χ3v) is 4.29. The number of rotatable bonds is 6. The highest BCUT2D eigenvalue weighted by atomic mass is 32.2. The molecular formula is C16H18N2O2S. The largest absolute Gasteiger partial charge is 0.379 e. The van der Waals surface area contributed by atoms with E-state index >= 15 is 0 Å². The van der Waals surface area contributed by atoms with E-state index in [0.717, 1.165) is 23.4 Å². The van der Waals surface area contributed by atoms with Crippen LogP contribution in [0, 0.1) is 17.0 Å². The first-order valence-corrected chi connectivity index (χ1v) is 7.70. The lowest BCUT2D eigenvalue weighted by Crippen LogP contribution is -2.04. The van der Waals surface area contributed by atoms with E-state index in [2.05, 4.69) is 5.32 Å². The molecule has 21 heavy (non-hydrogen) atoms. The molecular weight excluding hydrogens is 284 g/mol. The molecule has 2 aromatic rings. The Morgan fingerprint density at radius 3 is 2.52 bits per heavy atom. The van der Waals surface area contributed by atoms with Crippen LogP contribution in [0.3, 0.4) is 0 Å². The lowest BCUT2D eigenvalue weighted by molar-refractivity contribution is -0.386. The number of aryl methyl sites for hydroxylation is 1. The number of hydrogen-bond donors (Lipinski definition) is 1. The summed E-state index contributed by atoms with van der Waals surface area (Å²) in [4.78, 5) is 12.8. The normalized spacial score (nSPS) is 10.4. The molecule has 0 aliphatic carbocycles. The van der Waals surface area contributed by atoms with Crippen LogP contribution in [0.4, 0.5) is 11.4 Å². The quantitative estimate of drug-likeness (QED) is 0.610. The van der Waals surface area contributed by atoms with Gasteiger partial charge in [0.2, 0.25) is 0 Å². The van der Waals surface area contributed by atoms with E-state index < -0.39 is 0 Å². The first kappa shape index (κ1) is 15.4. The minimum atomic E-state index is -0.307. The predicted molar refractivity (Wildman–Crippen MR) is 87.2 cm³/mol. The fourth-order valence-electron chi connectivity index (χ4n) is 1.98. The molecule has 0 fully saturated rings. The van der Waals surface area contributed by atoms with Gasteiger partial charge in [-0.3, -0.25) is 10.1 Å². The molecule has 0 bridgehead atoms. The Bertz CT molecular complexity index is 644. The molecule has 0 amide bonds. The summed E-state index contributed by atoms with van der Waals surface area (Å²) in [5.74, 6) is 0. The summed E-state index contributed by atoms with van der Waals surface area (Å²) in [7, 11) is 0. The van der Waals surface area contributed by atoms with Crippen LogP contribution in [0.15, 0.2) is 52.3 Å². The van der Waals surface area contributed by atoms with E-state index in [0.29, 0.717) is 10.6 Å².